The molecule has 0 aliphatic rings. The minimum atomic E-state index is 0.547. The zero-order valence-corrected chi connectivity index (χ0v) is 15.3. The number of anilines is 1. The van der Waals surface area contributed by atoms with Gasteiger partial charge in [0.25, 0.3) is 0 Å². The highest BCUT2D eigenvalue weighted by Crippen LogP contribution is 2.25. The van der Waals surface area contributed by atoms with Gasteiger partial charge in [0, 0.05) is 18.0 Å². The molecule has 0 heterocycles. The number of benzene rings is 2. The van der Waals surface area contributed by atoms with Crippen LogP contribution in [0.25, 0.3) is 6.08 Å². The van der Waals surface area contributed by atoms with Crippen molar-refractivity contribution in [3.8, 4) is 0 Å². The molecule has 2 rings (SSSR count). The van der Waals surface area contributed by atoms with E-state index in [4.69, 9.17) is 23.2 Å². The molecular formula is C19H21Cl2N3. The highest BCUT2D eigenvalue weighted by atomic mass is 35.5. The predicted molar refractivity (Wildman–Crippen MR) is 106 cm³/mol. The Labute approximate surface area is 153 Å². The molecule has 2 aromatic carbocycles. The first-order valence-electron chi connectivity index (χ1n) is 7.70. The van der Waals surface area contributed by atoms with Crippen LogP contribution in [0.1, 0.15) is 12.0 Å². The van der Waals surface area contributed by atoms with Gasteiger partial charge in [0.15, 0.2) is 0 Å². The van der Waals surface area contributed by atoms with Crippen LogP contribution in [-0.2, 0) is 0 Å². The second kappa shape index (κ2) is 9.48. The lowest BCUT2D eigenvalue weighted by molar-refractivity contribution is 0.422. The molecule has 0 saturated carbocycles. The van der Waals surface area contributed by atoms with Crippen LogP contribution in [0.15, 0.2) is 59.7 Å². The first kappa shape index (κ1) is 18.5. The monoisotopic (exact) mass is 361 g/mol. The van der Waals surface area contributed by atoms with Gasteiger partial charge in [-0.2, -0.15) is 5.10 Å². The zero-order valence-electron chi connectivity index (χ0n) is 13.8. The molecule has 2 aromatic rings. The van der Waals surface area contributed by atoms with E-state index in [0.717, 1.165) is 29.9 Å². The summed E-state index contributed by atoms with van der Waals surface area (Å²) >= 11 is 12.1. The van der Waals surface area contributed by atoms with Gasteiger partial charge < -0.3 is 4.90 Å². The van der Waals surface area contributed by atoms with E-state index >= 15 is 0 Å². The van der Waals surface area contributed by atoms with Gasteiger partial charge in [-0.1, -0.05) is 59.6 Å². The number of halogens is 2. The highest BCUT2D eigenvalue weighted by molar-refractivity contribution is 6.36. The summed E-state index contributed by atoms with van der Waals surface area (Å²) < 4.78 is 0. The van der Waals surface area contributed by atoms with Gasteiger partial charge in [0.2, 0.25) is 0 Å². The number of hydrogen-bond acceptors (Lipinski definition) is 3. The van der Waals surface area contributed by atoms with Crippen LogP contribution in [0.4, 0.5) is 5.69 Å². The van der Waals surface area contributed by atoms with E-state index < -0.39 is 0 Å². The number of nitrogens with zero attached hydrogens (tertiary/aromatic N) is 2. The number of hydrazone groups is 1. The van der Waals surface area contributed by atoms with E-state index in [9.17, 15) is 0 Å². The molecule has 0 aliphatic carbocycles. The summed E-state index contributed by atoms with van der Waals surface area (Å²) in [6.07, 6.45) is 4.91. The fourth-order valence-electron chi connectivity index (χ4n) is 1.98. The van der Waals surface area contributed by atoms with Crippen LogP contribution < -0.4 is 5.43 Å². The third-order valence-corrected chi connectivity index (χ3v) is 3.88. The van der Waals surface area contributed by atoms with Crippen molar-refractivity contribution in [1.29, 1.82) is 0 Å². The number of rotatable bonds is 7. The number of hydrogen-bond donors (Lipinski definition) is 1. The van der Waals surface area contributed by atoms with Gasteiger partial charge in [0.05, 0.1) is 16.4 Å². The molecule has 126 valence electrons. The Morgan fingerprint density at radius 1 is 1.12 bits per heavy atom. The topological polar surface area (TPSA) is 27.6 Å². The maximum Gasteiger partial charge on any atom is 0.0749 e. The lowest BCUT2D eigenvalue weighted by Gasteiger charge is -2.10. The van der Waals surface area contributed by atoms with Gasteiger partial charge in [-0.3, -0.25) is 5.43 Å². The fraction of sp³-hybridized carbons (Fsp3) is 0.211. The van der Waals surface area contributed by atoms with Crippen molar-refractivity contribution in [1.82, 2.24) is 4.90 Å². The Kier molecular flexibility index (Phi) is 7.32. The summed E-state index contributed by atoms with van der Waals surface area (Å²) in [6.45, 7) is 0.911. The van der Waals surface area contributed by atoms with Crippen LogP contribution >= 0.6 is 23.2 Å². The first-order valence-corrected chi connectivity index (χ1v) is 8.45. The molecule has 0 amide bonds. The fourth-order valence-corrected chi connectivity index (χ4v) is 2.43. The third kappa shape index (κ3) is 6.36. The average molecular weight is 362 g/mol. The van der Waals surface area contributed by atoms with E-state index in [0.29, 0.717) is 10.0 Å². The maximum absolute atomic E-state index is 6.17. The lowest BCUT2D eigenvalue weighted by Crippen LogP contribution is -2.16. The van der Waals surface area contributed by atoms with Crippen molar-refractivity contribution >= 4 is 40.7 Å². The van der Waals surface area contributed by atoms with Crippen LogP contribution in [0, 0.1) is 0 Å². The largest absolute Gasteiger partial charge is 0.309 e. The average Bonchev–Trinajstić information content (AvgIpc) is 2.56. The molecule has 0 bridgehead atoms. The minimum Gasteiger partial charge on any atom is -0.309 e. The van der Waals surface area contributed by atoms with Gasteiger partial charge in [0.1, 0.15) is 0 Å². The lowest BCUT2D eigenvalue weighted by atomic mass is 10.1. The Balaban J connectivity index is 2.13. The summed E-state index contributed by atoms with van der Waals surface area (Å²) in [5.41, 5.74) is 5.84. The van der Waals surface area contributed by atoms with Crippen LogP contribution in [-0.4, -0.2) is 31.3 Å². The molecule has 24 heavy (non-hydrogen) atoms. The van der Waals surface area contributed by atoms with Crippen molar-refractivity contribution in [2.45, 2.75) is 6.42 Å². The third-order valence-electron chi connectivity index (χ3n) is 3.33. The predicted octanol–water partition coefficient (Wildman–Crippen LogP) is 5.43. The molecule has 0 saturated heterocycles. The molecule has 0 fully saturated rings. The molecular weight excluding hydrogens is 341 g/mol. The van der Waals surface area contributed by atoms with Crippen molar-refractivity contribution in [2.24, 2.45) is 5.10 Å². The smallest absolute Gasteiger partial charge is 0.0749 e. The second-order valence-corrected chi connectivity index (χ2v) is 6.48. The van der Waals surface area contributed by atoms with Crippen LogP contribution in [0.2, 0.25) is 10.0 Å². The Morgan fingerprint density at radius 3 is 2.54 bits per heavy atom. The molecule has 0 aromatic heterocycles. The molecule has 0 spiro atoms. The van der Waals surface area contributed by atoms with Gasteiger partial charge in [-0.05, 0) is 43.9 Å². The van der Waals surface area contributed by atoms with E-state index in [-0.39, 0.29) is 0 Å². The Hall–Kier alpha value is -1.81. The van der Waals surface area contributed by atoms with Gasteiger partial charge >= 0.3 is 0 Å². The van der Waals surface area contributed by atoms with E-state index in [2.05, 4.69) is 33.6 Å². The van der Waals surface area contributed by atoms with Crippen molar-refractivity contribution in [3.63, 3.8) is 0 Å². The highest BCUT2D eigenvalue weighted by Gasteiger charge is 2.02. The molecule has 5 heteroatoms. The van der Waals surface area contributed by atoms with Gasteiger partial charge in [-0.25, -0.2) is 0 Å². The number of nitrogens with one attached hydrogen (secondary N) is 1. The van der Waals surface area contributed by atoms with E-state index in [1.165, 1.54) is 0 Å². The molecule has 0 aliphatic heterocycles. The summed E-state index contributed by atoms with van der Waals surface area (Å²) in [5.74, 6) is 0. The summed E-state index contributed by atoms with van der Waals surface area (Å²) in [5, 5.41) is 5.65. The van der Waals surface area contributed by atoms with Crippen LogP contribution in [0.5, 0.6) is 0 Å². The van der Waals surface area contributed by atoms with Crippen molar-refractivity contribution in [2.75, 3.05) is 26.1 Å². The summed E-state index contributed by atoms with van der Waals surface area (Å²) in [6, 6.07) is 15.4. The molecule has 0 radical (unpaired) electrons. The summed E-state index contributed by atoms with van der Waals surface area (Å²) in [4.78, 5) is 2.13. The Bertz CT molecular complexity index is 710. The molecule has 1 N–H and O–H groups in total. The first-order chi connectivity index (χ1) is 11.5. The van der Waals surface area contributed by atoms with E-state index in [1.54, 1.807) is 12.1 Å². The SMILES string of the molecule is CN(C)CCC(/C=C/c1ccccc1)=N/Nc1ccc(Cl)cc1Cl. The molecule has 0 atom stereocenters. The summed E-state index contributed by atoms with van der Waals surface area (Å²) in [7, 11) is 4.09. The molecule has 3 nitrogen and oxygen atoms in total. The molecule has 0 unspecified atom stereocenters. The number of allylic oxidation sites excluding steroid dienone is 1. The second-order valence-electron chi connectivity index (χ2n) is 5.64. The standard InChI is InChI=1S/C19H21Cl2N3/c1-24(2)13-12-17(10-8-15-6-4-3-5-7-15)22-23-19-11-9-16(20)14-18(19)21/h3-11,14,23H,12-13H2,1-2H3/b10-8+,22-17+. The quantitative estimate of drug-likeness (QED) is 0.526. The van der Waals surface area contributed by atoms with E-state index in [1.807, 2.05) is 44.4 Å². The van der Waals surface area contributed by atoms with Crippen LogP contribution in [0.3, 0.4) is 0 Å². The van der Waals surface area contributed by atoms with Crippen molar-refractivity contribution in [3.05, 3.63) is 70.2 Å². The normalized spacial score (nSPS) is 12.1. The maximum atomic E-state index is 6.17. The van der Waals surface area contributed by atoms with Crippen molar-refractivity contribution < 1.29 is 0 Å². The Morgan fingerprint density at radius 2 is 1.88 bits per heavy atom. The minimum absolute atomic E-state index is 0.547. The van der Waals surface area contributed by atoms with Gasteiger partial charge in [-0.15, -0.1) is 0 Å². The zero-order chi connectivity index (χ0) is 17.4.